The van der Waals surface area contributed by atoms with Crippen LogP contribution in [0.25, 0.3) is 0 Å². The van der Waals surface area contributed by atoms with Crippen molar-refractivity contribution in [3.8, 4) is 0 Å². The number of rotatable bonds is 7. The minimum Gasteiger partial charge on any atom is -0.335 e. The molecule has 3 nitrogen and oxygen atoms in total. The quantitative estimate of drug-likeness (QED) is 0.814. The molecule has 0 saturated heterocycles. The first kappa shape index (κ1) is 18.6. The van der Waals surface area contributed by atoms with Gasteiger partial charge in [-0.3, -0.25) is 4.79 Å². The Labute approximate surface area is 141 Å². The highest BCUT2D eigenvalue weighted by atomic mass is 35.5. The average Bonchev–Trinajstić information content (AvgIpc) is 2.44. The predicted molar refractivity (Wildman–Crippen MR) is 93.1 cm³/mol. The summed E-state index contributed by atoms with van der Waals surface area (Å²) in [5.41, 5.74) is 6.95. The van der Waals surface area contributed by atoms with Crippen molar-refractivity contribution in [3.63, 3.8) is 0 Å². The summed E-state index contributed by atoms with van der Waals surface area (Å²) in [5.74, 6) is 0.858. The molecule has 1 aromatic rings. The number of amides is 1. The maximum absolute atomic E-state index is 12.5. The number of nitrogens with two attached hydrogens (primary N) is 1. The van der Waals surface area contributed by atoms with E-state index < -0.39 is 6.04 Å². The Balaban J connectivity index is 2.81. The van der Waals surface area contributed by atoms with Gasteiger partial charge in [-0.1, -0.05) is 29.3 Å². The van der Waals surface area contributed by atoms with Gasteiger partial charge in [0.1, 0.15) is 0 Å². The monoisotopic (exact) mass is 348 g/mol. The van der Waals surface area contributed by atoms with Crippen LogP contribution >= 0.6 is 35.0 Å². The molecule has 0 aliphatic carbocycles. The molecule has 0 heterocycles. The Morgan fingerprint density at radius 1 is 1.33 bits per heavy atom. The van der Waals surface area contributed by atoms with E-state index in [-0.39, 0.29) is 11.9 Å². The summed E-state index contributed by atoms with van der Waals surface area (Å²) in [5, 5.41) is 1.01. The van der Waals surface area contributed by atoms with Gasteiger partial charge in [0.15, 0.2) is 0 Å². The van der Waals surface area contributed by atoms with E-state index in [2.05, 4.69) is 0 Å². The van der Waals surface area contributed by atoms with Crippen LogP contribution in [0.2, 0.25) is 10.0 Å². The first-order valence-electron chi connectivity index (χ1n) is 6.85. The molecule has 0 spiro atoms. The smallest absolute Gasteiger partial charge is 0.240 e. The fourth-order valence-electron chi connectivity index (χ4n) is 1.93. The van der Waals surface area contributed by atoms with Gasteiger partial charge in [-0.2, -0.15) is 11.8 Å². The third-order valence-corrected chi connectivity index (χ3v) is 4.58. The van der Waals surface area contributed by atoms with Crippen LogP contribution in [0, 0.1) is 0 Å². The first-order chi connectivity index (χ1) is 9.86. The summed E-state index contributed by atoms with van der Waals surface area (Å²) >= 11 is 13.6. The van der Waals surface area contributed by atoms with Crippen LogP contribution in [-0.2, 0) is 11.3 Å². The number of carbonyl (C=O) groups excluding carboxylic acids is 1. The van der Waals surface area contributed by atoms with E-state index in [4.69, 9.17) is 28.9 Å². The molecule has 0 aromatic heterocycles. The largest absolute Gasteiger partial charge is 0.335 e. The number of carbonyl (C=O) groups is 1. The summed E-state index contributed by atoms with van der Waals surface area (Å²) in [4.78, 5) is 14.3. The van der Waals surface area contributed by atoms with Crippen molar-refractivity contribution in [2.75, 3.05) is 12.0 Å². The lowest BCUT2D eigenvalue weighted by molar-refractivity contribution is -0.135. The van der Waals surface area contributed by atoms with E-state index in [0.717, 1.165) is 11.3 Å². The molecule has 1 aromatic carbocycles. The van der Waals surface area contributed by atoms with E-state index in [1.165, 1.54) is 0 Å². The fourth-order valence-corrected chi connectivity index (χ4v) is 2.74. The Kier molecular flexibility index (Phi) is 7.88. The minimum atomic E-state index is -0.456. The Morgan fingerprint density at radius 2 is 2.00 bits per heavy atom. The van der Waals surface area contributed by atoms with Gasteiger partial charge in [-0.15, -0.1) is 0 Å². The maximum atomic E-state index is 12.5. The molecular formula is C15H22Cl2N2OS. The third-order valence-electron chi connectivity index (χ3n) is 3.19. The second-order valence-electron chi connectivity index (χ2n) is 5.20. The molecule has 0 aliphatic rings. The predicted octanol–water partition coefficient (Wildman–Crippen LogP) is 3.81. The van der Waals surface area contributed by atoms with E-state index in [1.807, 2.05) is 26.2 Å². The molecule has 0 saturated carbocycles. The second kappa shape index (κ2) is 8.89. The van der Waals surface area contributed by atoms with Gasteiger partial charge in [0.2, 0.25) is 5.91 Å². The van der Waals surface area contributed by atoms with Gasteiger partial charge in [0, 0.05) is 12.6 Å². The van der Waals surface area contributed by atoms with Crippen LogP contribution in [0.4, 0.5) is 0 Å². The van der Waals surface area contributed by atoms with Crippen molar-refractivity contribution in [1.82, 2.24) is 4.90 Å². The summed E-state index contributed by atoms with van der Waals surface area (Å²) in [6.45, 7) is 4.45. The van der Waals surface area contributed by atoms with Crippen LogP contribution in [0.1, 0.15) is 25.8 Å². The number of hydrogen-bond donors (Lipinski definition) is 1. The molecule has 0 bridgehead atoms. The van der Waals surface area contributed by atoms with Gasteiger partial charge in [-0.25, -0.2) is 0 Å². The number of halogens is 2. The molecular weight excluding hydrogens is 327 g/mol. The molecule has 0 radical (unpaired) electrons. The first-order valence-corrected chi connectivity index (χ1v) is 9.00. The molecule has 0 fully saturated rings. The second-order valence-corrected chi connectivity index (χ2v) is 7.00. The normalized spacial score (nSPS) is 12.5. The fraction of sp³-hybridized carbons (Fsp3) is 0.533. The summed E-state index contributed by atoms with van der Waals surface area (Å²) < 4.78 is 0. The lowest BCUT2D eigenvalue weighted by atomic mass is 10.1. The highest BCUT2D eigenvalue weighted by molar-refractivity contribution is 7.98. The van der Waals surface area contributed by atoms with Crippen molar-refractivity contribution in [2.45, 2.75) is 38.9 Å². The minimum absolute atomic E-state index is 0.0230. The summed E-state index contributed by atoms with van der Waals surface area (Å²) in [6, 6.07) is 5.04. The zero-order valence-corrected chi connectivity index (χ0v) is 14.9. The van der Waals surface area contributed by atoms with Crippen LogP contribution in [0.3, 0.4) is 0 Å². The molecule has 1 rings (SSSR count). The molecule has 6 heteroatoms. The van der Waals surface area contributed by atoms with Crippen LogP contribution in [-0.4, -0.2) is 34.9 Å². The molecule has 0 aliphatic heterocycles. The van der Waals surface area contributed by atoms with Gasteiger partial charge in [0.25, 0.3) is 0 Å². The number of hydrogen-bond acceptors (Lipinski definition) is 3. The van der Waals surface area contributed by atoms with Gasteiger partial charge >= 0.3 is 0 Å². The van der Waals surface area contributed by atoms with Crippen molar-refractivity contribution in [2.24, 2.45) is 5.73 Å². The van der Waals surface area contributed by atoms with Crippen LogP contribution in [0.15, 0.2) is 18.2 Å². The highest BCUT2D eigenvalue weighted by Gasteiger charge is 2.23. The van der Waals surface area contributed by atoms with E-state index in [9.17, 15) is 4.79 Å². The number of nitrogens with zero attached hydrogens (tertiary/aromatic N) is 1. The summed E-state index contributed by atoms with van der Waals surface area (Å²) in [6.07, 6.45) is 2.69. The van der Waals surface area contributed by atoms with Gasteiger partial charge < -0.3 is 10.6 Å². The molecule has 21 heavy (non-hydrogen) atoms. The van der Waals surface area contributed by atoms with E-state index >= 15 is 0 Å². The number of benzene rings is 1. The summed E-state index contributed by atoms with van der Waals surface area (Å²) in [7, 11) is 0. The molecule has 2 N–H and O–H groups in total. The zero-order valence-electron chi connectivity index (χ0n) is 12.6. The molecule has 1 atom stereocenters. The van der Waals surface area contributed by atoms with Crippen molar-refractivity contribution in [3.05, 3.63) is 33.8 Å². The average molecular weight is 349 g/mol. The Hall–Kier alpha value is -0.420. The van der Waals surface area contributed by atoms with Crippen molar-refractivity contribution < 1.29 is 4.79 Å². The van der Waals surface area contributed by atoms with Gasteiger partial charge in [0.05, 0.1) is 16.1 Å². The standard InChI is InChI=1S/C15H22Cl2N2OS/c1-10(2)19(15(20)14(18)6-7-21-3)9-11-4-5-12(16)13(17)8-11/h4-5,8,10,14H,6-7,9,18H2,1-3H3/t14-/m1/s1. The zero-order chi connectivity index (χ0) is 16.0. The Bertz CT molecular complexity index is 483. The van der Waals surface area contributed by atoms with E-state index in [0.29, 0.717) is 23.0 Å². The topological polar surface area (TPSA) is 46.3 Å². The van der Waals surface area contributed by atoms with E-state index in [1.54, 1.807) is 28.8 Å². The van der Waals surface area contributed by atoms with Gasteiger partial charge in [-0.05, 0) is 50.0 Å². The third kappa shape index (κ3) is 5.70. The SMILES string of the molecule is CSCC[C@@H](N)C(=O)N(Cc1ccc(Cl)c(Cl)c1)C(C)C. The molecule has 0 unspecified atom stereocenters. The highest BCUT2D eigenvalue weighted by Crippen LogP contribution is 2.23. The van der Waals surface area contributed by atoms with Crippen molar-refractivity contribution >= 4 is 40.9 Å². The lowest BCUT2D eigenvalue weighted by Crippen LogP contribution is -2.46. The maximum Gasteiger partial charge on any atom is 0.240 e. The van der Waals surface area contributed by atoms with Crippen molar-refractivity contribution in [1.29, 1.82) is 0 Å². The molecule has 118 valence electrons. The Morgan fingerprint density at radius 3 is 2.52 bits per heavy atom. The van der Waals surface area contributed by atoms with Crippen LogP contribution < -0.4 is 5.73 Å². The molecule has 1 amide bonds. The van der Waals surface area contributed by atoms with Crippen LogP contribution in [0.5, 0.6) is 0 Å². The lowest BCUT2D eigenvalue weighted by Gasteiger charge is -2.29. The number of thioether (sulfide) groups is 1.